The summed E-state index contributed by atoms with van der Waals surface area (Å²) in [6.45, 7) is 0. The summed E-state index contributed by atoms with van der Waals surface area (Å²) in [7, 11) is 0. The highest BCUT2D eigenvalue weighted by Gasteiger charge is 2.09. The highest BCUT2D eigenvalue weighted by atomic mass is 79.9. The van der Waals surface area contributed by atoms with Crippen LogP contribution < -0.4 is 5.32 Å². The number of halogens is 3. The van der Waals surface area contributed by atoms with Gasteiger partial charge in [0.2, 0.25) is 5.91 Å². The molecule has 0 heterocycles. The number of nitrogens with one attached hydrogen (secondary N) is 1. The minimum absolute atomic E-state index is 0.0455. The first-order valence-corrected chi connectivity index (χ1v) is 7.46. The van der Waals surface area contributed by atoms with E-state index in [0.717, 1.165) is 28.4 Å². The van der Waals surface area contributed by atoms with Crippen molar-refractivity contribution in [1.82, 2.24) is 0 Å². The van der Waals surface area contributed by atoms with E-state index in [0.29, 0.717) is 5.69 Å². The summed E-state index contributed by atoms with van der Waals surface area (Å²) in [5.41, 5.74) is 0.651. The van der Waals surface area contributed by atoms with Crippen LogP contribution in [0.15, 0.2) is 51.8 Å². The van der Waals surface area contributed by atoms with Crippen LogP contribution in [0.2, 0.25) is 0 Å². The summed E-state index contributed by atoms with van der Waals surface area (Å²) in [4.78, 5) is 12.0. The lowest BCUT2D eigenvalue weighted by molar-refractivity contribution is -0.113. The summed E-state index contributed by atoms with van der Waals surface area (Å²) in [5.74, 6) is -1.51. The van der Waals surface area contributed by atoms with Gasteiger partial charge in [-0.1, -0.05) is 12.1 Å². The predicted molar refractivity (Wildman–Crippen MR) is 79.9 cm³/mol. The van der Waals surface area contributed by atoms with Crippen LogP contribution in [-0.4, -0.2) is 11.7 Å². The molecule has 0 saturated heterocycles. The SMILES string of the molecule is O=C(CSc1ccc(F)cc1F)Nc1ccccc1Br. The maximum Gasteiger partial charge on any atom is 0.234 e. The van der Waals surface area contributed by atoms with Crippen molar-refractivity contribution in [1.29, 1.82) is 0 Å². The Morgan fingerprint density at radius 1 is 1.20 bits per heavy atom. The number of hydrogen-bond donors (Lipinski definition) is 1. The average molecular weight is 358 g/mol. The van der Waals surface area contributed by atoms with Gasteiger partial charge in [0.1, 0.15) is 11.6 Å². The molecule has 2 rings (SSSR count). The van der Waals surface area contributed by atoms with Crippen molar-refractivity contribution < 1.29 is 13.6 Å². The van der Waals surface area contributed by atoms with E-state index in [9.17, 15) is 13.6 Å². The zero-order valence-electron chi connectivity index (χ0n) is 10.2. The molecular formula is C14H10BrF2NOS. The van der Waals surface area contributed by atoms with Crippen LogP contribution in [-0.2, 0) is 4.79 Å². The van der Waals surface area contributed by atoms with E-state index in [-0.39, 0.29) is 16.6 Å². The lowest BCUT2D eigenvalue weighted by atomic mass is 10.3. The van der Waals surface area contributed by atoms with E-state index < -0.39 is 11.6 Å². The third kappa shape index (κ3) is 4.05. The van der Waals surface area contributed by atoms with E-state index in [2.05, 4.69) is 21.2 Å². The van der Waals surface area contributed by atoms with Crippen molar-refractivity contribution in [3.63, 3.8) is 0 Å². The molecule has 2 aromatic carbocycles. The molecule has 0 atom stereocenters. The molecule has 1 amide bonds. The Labute approximate surface area is 127 Å². The second kappa shape index (κ2) is 6.85. The standard InChI is InChI=1S/C14H10BrF2NOS/c15-10-3-1-2-4-12(10)18-14(19)8-20-13-6-5-9(16)7-11(13)17/h1-7H,8H2,(H,18,19). The molecule has 0 fully saturated rings. The molecule has 6 heteroatoms. The fourth-order valence-corrected chi connectivity index (χ4v) is 2.59. The summed E-state index contributed by atoms with van der Waals surface area (Å²) in [6.07, 6.45) is 0. The Morgan fingerprint density at radius 2 is 1.95 bits per heavy atom. The molecule has 0 aliphatic rings. The van der Waals surface area contributed by atoms with Crippen LogP contribution in [0.4, 0.5) is 14.5 Å². The molecule has 1 N–H and O–H groups in total. The first kappa shape index (κ1) is 15.0. The minimum atomic E-state index is -0.663. The predicted octanol–water partition coefficient (Wildman–Crippen LogP) is 4.46. The zero-order valence-corrected chi connectivity index (χ0v) is 12.6. The largest absolute Gasteiger partial charge is 0.324 e. The Kier molecular flexibility index (Phi) is 5.14. The molecule has 0 saturated carbocycles. The average Bonchev–Trinajstić information content (AvgIpc) is 2.40. The minimum Gasteiger partial charge on any atom is -0.324 e. The van der Waals surface area contributed by atoms with Crippen LogP contribution in [0.25, 0.3) is 0 Å². The summed E-state index contributed by atoms with van der Waals surface area (Å²) >= 11 is 4.34. The van der Waals surface area contributed by atoms with Crippen molar-refractivity contribution in [2.75, 3.05) is 11.1 Å². The molecule has 2 aromatic rings. The monoisotopic (exact) mass is 357 g/mol. The third-order valence-corrected chi connectivity index (χ3v) is 4.14. The number of carbonyl (C=O) groups excluding carboxylic acids is 1. The normalized spacial score (nSPS) is 10.3. The maximum absolute atomic E-state index is 13.4. The van der Waals surface area contributed by atoms with Crippen molar-refractivity contribution in [2.45, 2.75) is 4.90 Å². The van der Waals surface area contributed by atoms with Gasteiger partial charge in [0.05, 0.1) is 11.4 Å². The first-order chi connectivity index (χ1) is 9.56. The highest BCUT2D eigenvalue weighted by molar-refractivity contribution is 9.10. The number of rotatable bonds is 4. The van der Waals surface area contributed by atoms with E-state index in [1.165, 1.54) is 6.07 Å². The van der Waals surface area contributed by atoms with E-state index >= 15 is 0 Å². The molecule has 0 radical (unpaired) electrons. The maximum atomic E-state index is 13.4. The van der Waals surface area contributed by atoms with Gasteiger partial charge in [-0.25, -0.2) is 8.78 Å². The van der Waals surface area contributed by atoms with Gasteiger partial charge in [-0.3, -0.25) is 4.79 Å². The molecule has 0 spiro atoms. The van der Waals surface area contributed by atoms with Gasteiger partial charge in [-0.15, -0.1) is 11.8 Å². The van der Waals surface area contributed by atoms with Crippen molar-refractivity contribution in [3.8, 4) is 0 Å². The first-order valence-electron chi connectivity index (χ1n) is 5.68. The number of para-hydroxylation sites is 1. The van der Waals surface area contributed by atoms with Crippen LogP contribution in [0.1, 0.15) is 0 Å². The van der Waals surface area contributed by atoms with Crippen LogP contribution in [0, 0.1) is 11.6 Å². The zero-order chi connectivity index (χ0) is 14.5. The quantitative estimate of drug-likeness (QED) is 0.818. The van der Waals surface area contributed by atoms with E-state index in [1.807, 2.05) is 12.1 Å². The molecular weight excluding hydrogens is 348 g/mol. The number of anilines is 1. The Balaban J connectivity index is 1.94. The molecule has 0 aromatic heterocycles. The van der Waals surface area contributed by atoms with Crippen molar-refractivity contribution >= 4 is 39.3 Å². The Morgan fingerprint density at radius 3 is 2.65 bits per heavy atom. The number of benzene rings is 2. The Hall–Kier alpha value is -1.40. The number of thioether (sulfide) groups is 1. The third-order valence-electron chi connectivity index (χ3n) is 2.40. The fourth-order valence-electron chi connectivity index (χ4n) is 1.48. The molecule has 0 aliphatic carbocycles. The second-order valence-corrected chi connectivity index (χ2v) is 5.76. The lowest BCUT2D eigenvalue weighted by Crippen LogP contribution is -2.14. The smallest absolute Gasteiger partial charge is 0.234 e. The van der Waals surface area contributed by atoms with Crippen LogP contribution >= 0.6 is 27.7 Å². The van der Waals surface area contributed by atoms with E-state index in [1.54, 1.807) is 12.1 Å². The molecule has 0 aliphatic heterocycles. The number of carbonyl (C=O) groups is 1. The molecule has 20 heavy (non-hydrogen) atoms. The highest BCUT2D eigenvalue weighted by Crippen LogP contribution is 2.24. The molecule has 104 valence electrons. The second-order valence-electron chi connectivity index (χ2n) is 3.89. The summed E-state index contributed by atoms with van der Waals surface area (Å²) < 4.78 is 26.9. The fraction of sp³-hybridized carbons (Fsp3) is 0.0714. The lowest BCUT2D eigenvalue weighted by Gasteiger charge is -2.07. The van der Waals surface area contributed by atoms with Gasteiger partial charge in [-0.2, -0.15) is 0 Å². The summed E-state index contributed by atoms with van der Waals surface area (Å²) in [5, 5.41) is 2.71. The molecule has 0 unspecified atom stereocenters. The Bertz CT molecular complexity index is 636. The van der Waals surface area contributed by atoms with Crippen molar-refractivity contribution in [3.05, 3.63) is 58.6 Å². The van der Waals surface area contributed by atoms with Gasteiger partial charge >= 0.3 is 0 Å². The van der Waals surface area contributed by atoms with Crippen LogP contribution in [0.3, 0.4) is 0 Å². The number of amides is 1. The van der Waals surface area contributed by atoms with Crippen molar-refractivity contribution in [2.24, 2.45) is 0 Å². The topological polar surface area (TPSA) is 29.1 Å². The van der Waals surface area contributed by atoms with Crippen LogP contribution in [0.5, 0.6) is 0 Å². The van der Waals surface area contributed by atoms with Gasteiger partial charge in [0, 0.05) is 15.4 Å². The van der Waals surface area contributed by atoms with Gasteiger partial charge in [-0.05, 0) is 40.2 Å². The number of hydrogen-bond acceptors (Lipinski definition) is 2. The van der Waals surface area contributed by atoms with Gasteiger partial charge in [0.25, 0.3) is 0 Å². The summed E-state index contributed by atoms with van der Waals surface area (Å²) in [6, 6.07) is 10.5. The molecule has 2 nitrogen and oxygen atoms in total. The molecule has 0 bridgehead atoms. The van der Waals surface area contributed by atoms with Gasteiger partial charge < -0.3 is 5.32 Å². The van der Waals surface area contributed by atoms with E-state index in [4.69, 9.17) is 0 Å². The van der Waals surface area contributed by atoms with Gasteiger partial charge in [0.15, 0.2) is 0 Å².